The first-order chi connectivity index (χ1) is 11.5. The van der Waals surface area contributed by atoms with Gasteiger partial charge in [-0.1, -0.05) is 33.6 Å². The maximum Gasteiger partial charge on any atom is 0.261 e. The van der Waals surface area contributed by atoms with Crippen molar-refractivity contribution in [3.05, 3.63) is 51.5 Å². The Balaban J connectivity index is 1.56. The van der Waals surface area contributed by atoms with E-state index in [-0.39, 0.29) is 12.7 Å². The average molecular weight is 413 g/mol. The number of hydrogen-bond acceptors (Lipinski definition) is 4. The van der Waals surface area contributed by atoms with Gasteiger partial charge in [0.1, 0.15) is 5.75 Å². The fourth-order valence-electron chi connectivity index (χ4n) is 2.20. The minimum Gasteiger partial charge on any atom is -0.479 e. The van der Waals surface area contributed by atoms with Crippen LogP contribution in [0.5, 0.6) is 17.2 Å². The molecule has 0 unspecified atom stereocenters. The van der Waals surface area contributed by atoms with E-state index in [9.17, 15) is 4.79 Å². The number of hydrogen-bond donors (Lipinski definition) is 1. The summed E-state index contributed by atoms with van der Waals surface area (Å²) in [6, 6.07) is 10.8. The van der Waals surface area contributed by atoms with Gasteiger partial charge in [-0.2, -0.15) is 0 Å². The number of carbonyl (C=O) groups excluding carboxylic acids is 1. The van der Waals surface area contributed by atoms with E-state index in [1.165, 1.54) is 0 Å². The third-order valence-corrected chi connectivity index (χ3v) is 4.26. The lowest BCUT2D eigenvalue weighted by molar-refractivity contribution is -0.127. The van der Waals surface area contributed by atoms with Crippen molar-refractivity contribution in [2.45, 2.75) is 19.6 Å². The van der Waals surface area contributed by atoms with E-state index in [2.05, 4.69) is 21.2 Å². The molecule has 126 valence electrons. The number of nitrogens with one attached hydrogen (secondary N) is 1. The molecule has 7 heteroatoms. The van der Waals surface area contributed by atoms with Crippen LogP contribution in [0.25, 0.3) is 0 Å². The lowest BCUT2D eigenvalue weighted by Gasteiger charge is -2.16. The molecule has 0 radical (unpaired) electrons. The zero-order valence-corrected chi connectivity index (χ0v) is 15.2. The van der Waals surface area contributed by atoms with Gasteiger partial charge in [0, 0.05) is 11.0 Å². The minimum atomic E-state index is -0.669. The lowest BCUT2D eigenvalue weighted by atomic mass is 10.2. The Kier molecular flexibility index (Phi) is 5.16. The fourth-order valence-corrected chi connectivity index (χ4v) is 2.92. The van der Waals surface area contributed by atoms with Crippen molar-refractivity contribution in [1.29, 1.82) is 0 Å². The number of amides is 1. The third kappa shape index (κ3) is 3.94. The van der Waals surface area contributed by atoms with Crippen LogP contribution in [0.2, 0.25) is 5.02 Å². The Hall–Kier alpha value is -1.92. The highest BCUT2D eigenvalue weighted by Gasteiger charge is 2.17. The second kappa shape index (κ2) is 7.32. The van der Waals surface area contributed by atoms with Gasteiger partial charge in [-0.3, -0.25) is 4.79 Å². The summed E-state index contributed by atoms with van der Waals surface area (Å²) in [7, 11) is 0. The zero-order chi connectivity index (χ0) is 17.1. The van der Waals surface area contributed by atoms with Crippen molar-refractivity contribution in [3.63, 3.8) is 0 Å². The van der Waals surface area contributed by atoms with Crippen LogP contribution in [0.1, 0.15) is 12.5 Å². The van der Waals surface area contributed by atoms with Crippen LogP contribution in [0.15, 0.2) is 40.9 Å². The van der Waals surface area contributed by atoms with Gasteiger partial charge >= 0.3 is 0 Å². The monoisotopic (exact) mass is 411 g/mol. The van der Waals surface area contributed by atoms with Gasteiger partial charge in [0.15, 0.2) is 17.6 Å². The summed E-state index contributed by atoms with van der Waals surface area (Å²) in [5.41, 5.74) is 0.918. The molecule has 0 saturated carbocycles. The number of carbonyl (C=O) groups is 1. The Morgan fingerprint density at radius 2 is 2.08 bits per heavy atom. The van der Waals surface area contributed by atoms with E-state index in [0.717, 1.165) is 10.0 Å². The molecule has 5 nitrogen and oxygen atoms in total. The molecule has 1 heterocycles. The van der Waals surface area contributed by atoms with Gasteiger partial charge in [0.25, 0.3) is 5.91 Å². The standard InChI is InChI=1S/C17H15BrClNO4/c1-10(24-14-5-3-12(18)7-13(14)19)17(21)20-8-11-2-4-15-16(6-11)23-9-22-15/h2-7,10H,8-9H2,1H3,(H,20,21)/t10-/m1/s1. The van der Waals surface area contributed by atoms with Crippen LogP contribution in [0.3, 0.4) is 0 Å². The van der Waals surface area contributed by atoms with E-state index in [1.54, 1.807) is 25.1 Å². The molecule has 1 aliphatic heterocycles. The van der Waals surface area contributed by atoms with E-state index in [0.29, 0.717) is 28.8 Å². The summed E-state index contributed by atoms with van der Waals surface area (Å²) in [6.07, 6.45) is -0.669. The number of benzene rings is 2. The first kappa shape index (κ1) is 16.9. The molecule has 2 aromatic carbocycles. The van der Waals surface area contributed by atoms with E-state index in [4.69, 9.17) is 25.8 Å². The summed E-state index contributed by atoms with van der Waals surface area (Å²) in [4.78, 5) is 12.2. The summed E-state index contributed by atoms with van der Waals surface area (Å²) in [6.45, 7) is 2.27. The maximum absolute atomic E-state index is 12.2. The van der Waals surface area contributed by atoms with E-state index in [1.807, 2.05) is 18.2 Å². The summed E-state index contributed by atoms with van der Waals surface area (Å²) >= 11 is 9.42. The molecular weight excluding hydrogens is 398 g/mol. The highest BCUT2D eigenvalue weighted by molar-refractivity contribution is 9.10. The molecule has 0 fully saturated rings. The van der Waals surface area contributed by atoms with Crippen LogP contribution < -0.4 is 19.5 Å². The predicted molar refractivity (Wildman–Crippen MR) is 93.7 cm³/mol. The van der Waals surface area contributed by atoms with Gasteiger partial charge in [0.2, 0.25) is 6.79 Å². The molecule has 0 saturated heterocycles. The summed E-state index contributed by atoms with van der Waals surface area (Å²) in [5.74, 6) is 1.64. The fraction of sp³-hybridized carbons (Fsp3) is 0.235. The van der Waals surface area contributed by atoms with Crippen molar-refractivity contribution in [2.75, 3.05) is 6.79 Å². The van der Waals surface area contributed by atoms with Crippen molar-refractivity contribution >= 4 is 33.4 Å². The van der Waals surface area contributed by atoms with Gasteiger partial charge in [-0.15, -0.1) is 0 Å². The highest BCUT2D eigenvalue weighted by Crippen LogP contribution is 2.32. The molecule has 2 aromatic rings. The first-order valence-corrected chi connectivity index (χ1v) is 8.48. The Bertz CT molecular complexity index is 768. The summed E-state index contributed by atoms with van der Waals surface area (Å²) in [5, 5.41) is 3.27. The van der Waals surface area contributed by atoms with E-state index < -0.39 is 6.10 Å². The molecule has 3 rings (SSSR count). The molecular formula is C17H15BrClNO4. The van der Waals surface area contributed by atoms with Gasteiger partial charge < -0.3 is 19.5 Å². The smallest absolute Gasteiger partial charge is 0.261 e. The van der Waals surface area contributed by atoms with Crippen LogP contribution in [-0.2, 0) is 11.3 Å². The topological polar surface area (TPSA) is 56.8 Å². The Morgan fingerprint density at radius 1 is 1.29 bits per heavy atom. The maximum atomic E-state index is 12.2. The second-order valence-electron chi connectivity index (χ2n) is 5.24. The van der Waals surface area contributed by atoms with Gasteiger partial charge in [-0.25, -0.2) is 0 Å². The van der Waals surface area contributed by atoms with Crippen molar-refractivity contribution in [3.8, 4) is 17.2 Å². The highest BCUT2D eigenvalue weighted by atomic mass is 79.9. The van der Waals surface area contributed by atoms with Crippen molar-refractivity contribution < 1.29 is 19.0 Å². The van der Waals surface area contributed by atoms with Crippen molar-refractivity contribution in [2.24, 2.45) is 0 Å². The van der Waals surface area contributed by atoms with Gasteiger partial charge in [0.05, 0.1) is 5.02 Å². The lowest BCUT2D eigenvalue weighted by Crippen LogP contribution is -2.35. The molecule has 0 bridgehead atoms. The SMILES string of the molecule is C[C@@H](Oc1ccc(Br)cc1Cl)C(=O)NCc1ccc2c(c1)OCO2. The number of fused-ring (bicyclic) bond motifs is 1. The Labute approximate surface area is 153 Å². The number of ether oxygens (including phenoxy) is 3. The molecule has 0 aliphatic carbocycles. The quantitative estimate of drug-likeness (QED) is 0.809. The Morgan fingerprint density at radius 3 is 2.88 bits per heavy atom. The minimum absolute atomic E-state index is 0.226. The van der Waals surface area contributed by atoms with E-state index >= 15 is 0 Å². The molecule has 1 aliphatic rings. The third-order valence-electron chi connectivity index (χ3n) is 3.47. The molecule has 0 aromatic heterocycles. The second-order valence-corrected chi connectivity index (χ2v) is 6.56. The predicted octanol–water partition coefficient (Wildman–Crippen LogP) is 3.91. The summed E-state index contributed by atoms with van der Waals surface area (Å²) < 4.78 is 17.0. The van der Waals surface area contributed by atoms with Crippen LogP contribution in [-0.4, -0.2) is 18.8 Å². The zero-order valence-electron chi connectivity index (χ0n) is 12.8. The molecule has 1 N–H and O–H groups in total. The van der Waals surface area contributed by atoms with Crippen LogP contribution in [0, 0.1) is 0 Å². The molecule has 1 atom stereocenters. The van der Waals surface area contributed by atoms with Crippen molar-refractivity contribution in [1.82, 2.24) is 5.32 Å². The average Bonchev–Trinajstić information content (AvgIpc) is 3.02. The number of halogens is 2. The van der Waals surface area contributed by atoms with Crippen LogP contribution >= 0.6 is 27.5 Å². The molecule has 0 spiro atoms. The van der Waals surface area contributed by atoms with Crippen LogP contribution in [0.4, 0.5) is 0 Å². The van der Waals surface area contributed by atoms with Gasteiger partial charge in [-0.05, 0) is 42.8 Å². The molecule has 24 heavy (non-hydrogen) atoms. The number of rotatable bonds is 5. The first-order valence-electron chi connectivity index (χ1n) is 7.31. The molecule has 1 amide bonds. The largest absolute Gasteiger partial charge is 0.479 e. The normalized spacial score (nSPS) is 13.5.